The van der Waals surface area contributed by atoms with Crippen molar-refractivity contribution >= 4 is 12.0 Å². The van der Waals surface area contributed by atoms with Gasteiger partial charge in [0, 0.05) is 26.7 Å². The molecule has 1 aromatic rings. The van der Waals surface area contributed by atoms with Crippen LogP contribution in [0.1, 0.15) is 29.3 Å². The summed E-state index contributed by atoms with van der Waals surface area (Å²) >= 11 is 0. The summed E-state index contributed by atoms with van der Waals surface area (Å²) in [5.74, 6) is -0.973. The molecule has 0 aliphatic carbocycles. The fourth-order valence-electron chi connectivity index (χ4n) is 1.91. The van der Waals surface area contributed by atoms with Crippen molar-refractivity contribution in [1.82, 2.24) is 9.80 Å². The number of hydrogen-bond donors (Lipinski definition) is 1. The standard InChI is InChI=1S/C15H19N3O3/c1-3-18(10-4-9-16)15(21)17(2)11-12-5-7-13(8-6-12)14(19)20/h5-8H,3-4,10-11H2,1-2H3,(H,19,20). The van der Waals surface area contributed by atoms with E-state index in [9.17, 15) is 9.59 Å². The molecule has 0 aliphatic rings. The first kappa shape index (κ1) is 16.5. The first-order valence-electron chi connectivity index (χ1n) is 6.68. The molecule has 0 radical (unpaired) electrons. The molecule has 1 aromatic carbocycles. The van der Waals surface area contributed by atoms with E-state index < -0.39 is 5.97 Å². The van der Waals surface area contributed by atoms with E-state index in [1.54, 1.807) is 29.0 Å². The number of amides is 2. The van der Waals surface area contributed by atoms with Gasteiger partial charge in [-0.25, -0.2) is 9.59 Å². The number of urea groups is 1. The minimum atomic E-state index is -0.973. The molecule has 0 spiro atoms. The zero-order valence-corrected chi connectivity index (χ0v) is 12.2. The fraction of sp³-hybridized carbons (Fsp3) is 0.400. The highest BCUT2D eigenvalue weighted by atomic mass is 16.4. The van der Waals surface area contributed by atoms with Crippen LogP contribution in [-0.2, 0) is 6.54 Å². The Bertz CT molecular complexity index is 534. The average molecular weight is 289 g/mol. The van der Waals surface area contributed by atoms with E-state index in [4.69, 9.17) is 10.4 Å². The molecule has 0 aromatic heterocycles. The van der Waals surface area contributed by atoms with E-state index in [0.29, 0.717) is 26.1 Å². The second-order valence-corrected chi connectivity index (χ2v) is 4.63. The molecule has 0 saturated carbocycles. The molecule has 0 heterocycles. The van der Waals surface area contributed by atoms with Crippen LogP contribution < -0.4 is 0 Å². The number of rotatable bonds is 6. The van der Waals surface area contributed by atoms with Crippen molar-refractivity contribution < 1.29 is 14.7 Å². The van der Waals surface area contributed by atoms with Crippen LogP contribution in [0.15, 0.2) is 24.3 Å². The van der Waals surface area contributed by atoms with Gasteiger partial charge < -0.3 is 14.9 Å². The number of carboxylic acids is 1. The third kappa shape index (κ3) is 4.80. The van der Waals surface area contributed by atoms with Gasteiger partial charge in [-0.15, -0.1) is 0 Å². The highest BCUT2D eigenvalue weighted by Gasteiger charge is 2.16. The van der Waals surface area contributed by atoms with Gasteiger partial charge in [0.1, 0.15) is 0 Å². The Balaban J connectivity index is 2.66. The summed E-state index contributed by atoms with van der Waals surface area (Å²) in [7, 11) is 1.68. The van der Waals surface area contributed by atoms with Crippen LogP contribution in [0.3, 0.4) is 0 Å². The predicted molar refractivity (Wildman–Crippen MR) is 77.7 cm³/mol. The van der Waals surface area contributed by atoms with Crippen LogP contribution in [0.25, 0.3) is 0 Å². The first-order chi connectivity index (χ1) is 9.99. The lowest BCUT2D eigenvalue weighted by Crippen LogP contribution is -2.41. The number of aromatic carboxylic acids is 1. The molecule has 1 N–H and O–H groups in total. The van der Waals surface area contributed by atoms with Crippen molar-refractivity contribution in [3.63, 3.8) is 0 Å². The van der Waals surface area contributed by atoms with Crippen LogP contribution in [0.2, 0.25) is 0 Å². The lowest BCUT2D eigenvalue weighted by molar-refractivity contribution is 0.0696. The van der Waals surface area contributed by atoms with Crippen molar-refractivity contribution in [2.45, 2.75) is 19.9 Å². The molecule has 0 unspecified atom stereocenters. The highest BCUT2D eigenvalue weighted by Crippen LogP contribution is 2.09. The van der Waals surface area contributed by atoms with E-state index >= 15 is 0 Å². The number of nitriles is 1. The summed E-state index contributed by atoms with van der Waals surface area (Å²) < 4.78 is 0. The number of nitrogens with zero attached hydrogens (tertiary/aromatic N) is 3. The molecule has 0 saturated heterocycles. The number of carboxylic acid groups (broad SMARTS) is 1. The van der Waals surface area contributed by atoms with Crippen LogP contribution in [0.4, 0.5) is 4.79 Å². The summed E-state index contributed by atoms with van der Waals surface area (Å²) in [6, 6.07) is 8.30. The molecular weight excluding hydrogens is 270 g/mol. The smallest absolute Gasteiger partial charge is 0.335 e. The average Bonchev–Trinajstić information content (AvgIpc) is 2.48. The largest absolute Gasteiger partial charge is 0.478 e. The Morgan fingerprint density at radius 1 is 1.29 bits per heavy atom. The summed E-state index contributed by atoms with van der Waals surface area (Å²) in [5.41, 5.74) is 1.07. The third-order valence-corrected chi connectivity index (χ3v) is 3.09. The quantitative estimate of drug-likeness (QED) is 0.869. The number of benzene rings is 1. The van der Waals surface area contributed by atoms with Crippen LogP contribution in [-0.4, -0.2) is 47.0 Å². The highest BCUT2D eigenvalue weighted by molar-refractivity contribution is 5.87. The maximum absolute atomic E-state index is 12.2. The van der Waals surface area contributed by atoms with Crippen molar-refractivity contribution in [3.8, 4) is 6.07 Å². The van der Waals surface area contributed by atoms with Gasteiger partial charge in [0.2, 0.25) is 0 Å². The van der Waals surface area contributed by atoms with Gasteiger partial charge >= 0.3 is 12.0 Å². The van der Waals surface area contributed by atoms with Crippen molar-refractivity contribution in [2.24, 2.45) is 0 Å². The Morgan fingerprint density at radius 2 is 1.90 bits per heavy atom. The van der Waals surface area contributed by atoms with Crippen molar-refractivity contribution in [1.29, 1.82) is 5.26 Å². The maximum Gasteiger partial charge on any atom is 0.335 e. The predicted octanol–water partition coefficient (Wildman–Crippen LogP) is 2.17. The first-order valence-corrected chi connectivity index (χ1v) is 6.68. The molecule has 0 aliphatic heterocycles. The van der Waals surface area contributed by atoms with Crippen LogP contribution in [0.5, 0.6) is 0 Å². The lowest BCUT2D eigenvalue weighted by Gasteiger charge is -2.26. The van der Waals surface area contributed by atoms with Crippen LogP contribution in [0, 0.1) is 11.3 Å². The lowest BCUT2D eigenvalue weighted by atomic mass is 10.1. The Morgan fingerprint density at radius 3 is 2.38 bits per heavy atom. The molecule has 1 rings (SSSR count). The number of carbonyl (C=O) groups is 2. The van der Waals surface area contributed by atoms with E-state index in [-0.39, 0.29) is 11.6 Å². The molecule has 21 heavy (non-hydrogen) atoms. The summed E-state index contributed by atoms with van der Waals surface area (Å²) in [4.78, 5) is 26.1. The SMILES string of the molecule is CCN(CCC#N)C(=O)N(C)Cc1ccc(C(=O)O)cc1. The van der Waals surface area contributed by atoms with Gasteiger partial charge in [0.05, 0.1) is 18.1 Å². The molecule has 6 heteroatoms. The second-order valence-electron chi connectivity index (χ2n) is 4.63. The van der Waals surface area contributed by atoms with Crippen molar-refractivity contribution in [2.75, 3.05) is 20.1 Å². The summed E-state index contributed by atoms with van der Waals surface area (Å²) in [5, 5.41) is 17.4. The van der Waals surface area contributed by atoms with E-state index in [2.05, 4.69) is 0 Å². The van der Waals surface area contributed by atoms with E-state index in [1.807, 2.05) is 13.0 Å². The van der Waals surface area contributed by atoms with Gasteiger partial charge in [-0.1, -0.05) is 12.1 Å². The molecule has 2 amide bonds. The zero-order valence-electron chi connectivity index (χ0n) is 12.2. The monoisotopic (exact) mass is 289 g/mol. The minimum Gasteiger partial charge on any atom is -0.478 e. The van der Waals surface area contributed by atoms with Crippen molar-refractivity contribution in [3.05, 3.63) is 35.4 Å². The number of carbonyl (C=O) groups excluding carboxylic acids is 1. The Hall–Kier alpha value is -2.55. The zero-order chi connectivity index (χ0) is 15.8. The topological polar surface area (TPSA) is 84.6 Å². The summed E-state index contributed by atoms with van der Waals surface area (Å²) in [6.45, 7) is 3.21. The van der Waals surface area contributed by atoms with Crippen LogP contribution >= 0.6 is 0 Å². The Kier molecular flexibility index (Phi) is 6.21. The molecular formula is C15H19N3O3. The van der Waals surface area contributed by atoms with E-state index in [1.165, 1.54) is 12.1 Å². The summed E-state index contributed by atoms with van der Waals surface area (Å²) in [6.07, 6.45) is 0.306. The molecule has 0 bridgehead atoms. The number of hydrogen-bond acceptors (Lipinski definition) is 3. The molecule has 0 atom stereocenters. The van der Waals surface area contributed by atoms with Gasteiger partial charge in [0.15, 0.2) is 0 Å². The fourth-order valence-corrected chi connectivity index (χ4v) is 1.91. The third-order valence-electron chi connectivity index (χ3n) is 3.09. The normalized spacial score (nSPS) is 9.76. The van der Waals surface area contributed by atoms with Gasteiger partial charge in [-0.3, -0.25) is 0 Å². The molecule has 0 fully saturated rings. The Labute approximate surface area is 124 Å². The minimum absolute atomic E-state index is 0.143. The maximum atomic E-state index is 12.2. The van der Waals surface area contributed by atoms with E-state index in [0.717, 1.165) is 5.56 Å². The van der Waals surface area contributed by atoms with Gasteiger partial charge in [-0.05, 0) is 24.6 Å². The molecule has 112 valence electrons. The van der Waals surface area contributed by atoms with Gasteiger partial charge in [0.25, 0.3) is 0 Å². The van der Waals surface area contributed by atoms with Gasteiger partial charge in [-0.2, -0.15) is 5.26 Å². The second kappa shape index (κ2) is 7.90. The molecule has 6 nitrogen and oxygen atoms in total.